The van der Waals surface area contributed by atoms with Gasteiger partial charge in [0.2, 0.25) is 0 Å². The summed E-state index contributed by atoms with van der Waals surface area (Å²) < 4.78 is 10.7. The topological polar surface area (TPSA) is 134 Å². The molecule has 144 valence electrons. The molecule has 0 saturated heterocycles. The van der Waals surface area contributed by atoms with Gasteiger partial charge in [-0.1, -0.05) is 26.0 Å². The van der Waals surface area contributed by atoms with Crippen LogP contribution in [0.4, 0.5) is 0 Å². The lowest BCUT2D eigenvalue weighted by Crippen LogP contribution is -2.57. The van der Waals surface area contributed by atoms with E-state index in [9.17, 15) is 24.9 Å². The molecule has 0 unspecified atom stereocenters. The lowest BCUT2D eigenvalue weighted by molar-refractivity contribution is -0.174. The maximum atomic E-state index is 11.5. The lowest BCUT2D eigenvalue weighted by Gasteiger charge is -2.38. The third-order valence-electron chi connectivity index (χ3n) is 4.36. The first-order valence-electron chi connectivity index (χ1n) is 8.40. The highest BCUT2D eigenvalue weighted by Crippen LogP contribution is 2.29. The summed E-state index contributed by atoms with van der Waals surface area (Å²) in [7, 11) is 0. The zero-order chi connectivity index (χ0) is 19.4. The number of carbonyl (C=O) groups is 2. The number of carboxylic acid groups (broad SMARTS) is 1. The highest BCUT2D eigenvalue weighted by Gasteiger charge is 2.46. The van der Waals surface area contributed by atoms with Gasteiger partial charge in [0.15, 0.2) is 0 Å². The van der Waals surface area contributed by atoms with Crippen molar-refractivity contribution in [3.05, 3.63) is 29.8 Å². The molecule has 5 atom stereocenters. The quantitative estimate of drug-likeness (QED) is 0.528. The van der Waals surface area contributed by atoms with E-state index in [1.165, 1.54) is 0 Å². The summed E-state index contributed by atoms with van der Waals surface area (Å²) in [6, 6.07) is 6.55. The molecule has 8 heteroatoms. The number of aliphatic hydroxyl groups is 3. The molecule has 4 N–H and O–H groups in total. The molecule has 1 fully saturated rings. The molecule has 0 bridgehead atoms. The van der Waals surface area contributed by atoms with Crippen LogP contribution in [0.15, 0.2) is 24.3 Å². The number of hydrogen-bond acceptors (Lipinski definition) is 7. The van der Waals surface area contributed by atoms with Crippen LogP contribution in [-0.2, 0) is 20.9 Å². The zero-order valence-electron chi connectivity index (χ0n) is 14.6. The third-order valence-corrected chi connectivity index (χ3v) is 4.36. The molecule has 1 aromatic carbocycles. The summed E-state index contributed by atoms with van der Waals surface area (Å²) in [5, 5.41) is 38.7. The zero-order valence-corrected chi connectivity index (χ0v) is 14.6. The van der Waals surface area contributed by atoms with E-state index in [4.69, 9.17) is 14.6 Å². The molecule has 1 saturated carbocycles. The van der Waals surface area contributed by atoms with Gasteiger partial charge in [0.1, 0.15) is 30.7 Å². The van der Waals surface area contributed by atoms with Crippen molar-refractivity contribution in [1.29, 1.82) is 0 Å². The minimum atomic E-state index is -1.61. The molecule has 0 radical (unpaired) electrons. The van der Waals surface area contributed by atoms with Crippen LogP contribution in [0.1, 0.15) is 25.8 Å². The summed E-state index contributed by atoms with van der Waals surface area (Å²) >= 11 is 0. The Morgan fingerprint density at radius 2 is 1.69 bits per heavy atom. The van der Waals surface area contributed by atoms with Crippen molar-refractivity contribution in [1.82, 2.24) is 0 Å². The maximum Gasteiger partial charge on any atom is 0.309 e. The number of ether oxygens (including phenoxy) is 2. The Morgan fingerprint density at radius 1 is 1.08 bits per heavy atom. The van der Waals surface area contributed by atoms with E-state index in [-0.39, 0.29) is 24.9 Å². The molecule has 0 aliphatic heterocycles. The van der Waals surface area contributed by atoms with E-state index >= 15 is 0 Å². The second-order valence-electron chi connectivity index (χ2n) is 6.71. The van der Waals surface area contributed by atoms with Crippen molar-refractivity contribution < 1.29 is 39.5 Å². The van der Waals surface area contributed by atoms with Crippen LogP contribution in [0, 0.1) is 11.8 Å². The van der Waals surface area contributed by atoms with Crippen molar-refractivity contribution in [2.45, 2.75) is 51.3 Å². The monoisotopic (exact) mass is 368 g/mol. The first kappa shape index (κ1) is 20.2. The van der Waals surface area contributed by atoms with Gasteiger partial charge >= 0.3 is 11.9 Å². The van der Waals surface area contributed by atoms with Gasteiger partial charge in [-0.3, -0.25) is 9.59 Å². The number of carbonyl (C=O) groups excluding carboxylic acids is 1. The van der Waals surface area contributed by atoms with Gasteiger partial charge in [0, 0.05) is 6.42 Å². The first-order chi connectivity index (χ1) is 12.2. The number of hydrogen-bond donors (Lipinski definition) is 4. The van der Waals surface area contributed by atoms with E-state index < -0.39 is 36.3 Å². The van der Waals surface area contributed by atoms with Gasteiger partial charge in [-0.05, 0) is 17.7 Å². The first-order valence-corrected chi connectivity index (χ1v) is 8.40. The fourth-order valence-corrected chi connectivity index (χ4v) is 2.71. The Balaban J connectivity index is 1.99. The van der Waals surface area contributed by atoms with E-state index in [0.717, 1.165) is 5.56 Å². The molecule has 0 amide bonds. The molecule has 26 heavy (non-hydrogen) atoms. The summed E-state index contributed by atoms with van der Waals surface area (Å²) in [4.78, 5) is 22.6. The van der Waals surface area contributed by atoms with Gasteiger partial charge in [-0.15, -0.1) is 0 Å². The van der Waals surface area contributed by atoms with E-state index in [2.05, 4.69) is 0 Å². The van der Waals surface area contributed by atoms with Crippen molar-refractivity contribution in [3.8, 4) is 5.75 Å². The molecule has 0 spiro atoms. The molecule has 1 aromatic rings. The fourth-order valence-electron chi connectivity index (χ4n) is 2.71. The van der Waals surface area contributed by atoms with Crippen molar-refractivity contribution in [3.63, 3.8) is 0 Å². The smallest absolute Gasteiger partial charge is 0.309 e. The Hall–Kier alpha value is -2.16. The predicted octanol–water partition coefficient (Wildman–Crippen LogP) is 0.320. The lowest BCUT2D eigenvalue weighted by atomic mass is 9.81. The molecule has 8 nitrogen and oxygen atoms in total. The Morgan fingerprint density at radius 3 is 2.23 bits per heavy atom. The minimum absolute atomic E-state index is 0.120. The summed E-state index contributed by atoms with van der Waals surface area (Å²) in [6.45, 7) is 3.60. The SMILES string of the molecule is CC(C)C(=O)OCc1ccc(O[C@@H]2C[C@H](C(=O)O)[C@@H](O)[C@H](O)[C@H]2O)cc1. The van der Waals surface area contributed by atoms with E-state index in [1.54, 1.807) is 38.1 Å². The fraction of sp³-hybridized carbons (Fsp3) is 0.556. The number of carboxylic acids is 1. The second-order valence-corrected chi connectivity index (χ2v) is 6.71. The second kappa shape index (κ2) is 8.48. The predicted molar refractivity (Wildman–Crippen MR) is 89.3 cm³/mol. The Labute approximate surface area is 151 Å². The molecule has 0 aromatic heterocycles. The average Bonchev–Trinajstić information content (AvgIpc) is 2.60. The van der Waals surface area contributed by atoms with Gasteiger partial charge in [0.05, 0.1) is 17.9 Å². The maximum absolute atomic E-state index is 11.5. The number of esters is 1. The van der Waals surface area contributed by atoms with Crippen LogP contribution < -0.4 is 4.74 Å². The van der Waals surface area contributed by atoms with Crippen molar-refractivity contribution in [2.75, 3.05) is 0 Å². The van der Waals surface area contributed by atoms with Crippen LogP contribution in [0.25, 0.3) is 0 Å². The van der Waals surface area contributed by atoms with Gasteiger partial charge in [-0.2, -0.15) is 0 Å². The van der Waals surface area contributed by atoms with Crippen LogP contribution >= 0.6 is 0 Å². The summed E-state index contributed by atoms with van der Waals surface area (Å²) in [6.07, 6.45) is -5.68. The van der Waals surface area contributed by atoms with Crippen LogP contribution in [0.5, 0.6) is 5.75 Å². The Kier molecular flexibility index (Phi) is 6.57. The minimum Gasteiger partial charge on any atom is -0.488 e. The normalized spacial score (nSPS) is 28.6. The molecular weight excluding hydrogens is 344 g/mol. The van der Waals surface area contributed by atoms with Gasteiger partial charge in [-0.25, -0.2) is 0 Å². The standard InChI is InChI=1S/C18H24O8/c1-9(2)18(24)25-8-10-3-5-11(6-4-10)26-13-7-12(17(22)23)14(19)16(21)15(13)20/h3-6,9,12-16,19-21H,7-8H2,1-2H3,(H,22,23)/t12-,13+,14+,15-,16-/m0/s1. The summed E-state index contributed by atoms with van der Waals surface area (Å²) in [5.41, 5.74) is 0.745. The van der Waals surface area contributed by atoms with Gasteiger partial charge in [0.25, 0.3) is 0 Å². The van der Waals surface area contributed by atoms with E-state index in [0.29, 0.717) is 5.75 Å². The molecule has 1 aliphatic rings. The number of aliphatic carboxylic acids is 1. The third kappa shape index (κ3) is 4.72. The van der Waals surface area contributed by atoms with Crippen LogP contribution in [0.3, 0.4) is 0 Å². The molecule has 2 rings (SSSR count). The molecular formula is C18H24O8. The highest BCUT2D eigenvalue weighted by atomic mass is 16.5. The summed E-state index contributed by atoms with van der Waals surface area (Å²) in [5.74, 6) is -2.65. The average molecular weight is 368 g/mol. The largest absolute Gasteiger partial charge is 0.488 e. The van der Waals surface area contributed by atoms with Crippen molar-refractivity contribution >= 4 is 11.9 Å². The molecule has 1 aliphatic carbocycles. The number of aliphatic hydroxyl groups excluding tert-OH is 3. The van der Waals surface area contributed by atoms with Crippen LogP contribution in [-0.4, -0.2) is 56.8 Å². The molecule has 0 heterocycles. The Bertz CT molecular complexity index is 627. The highest BCUT2D eigenvalue weighted by molar-refractivity contribution is 5.71. The van der Waals surface area contributed by atoms with Gasteiger partial charge < -0.3 is 29.9 Å². The van der Waals surface area contributed by atoms with E-state index in [1.807, 2.05) is 0 Å². The number of benzene rings is 1. The number of rotatable bonds is 6. The van der Waals surface area contributed by atoms with Crippen molar-refractivity contribution in [2.24, 2.45) is 11.8 Å². The van der Waals surface area contributed by atoms with Crippen LogP contribution in [0.2, 0.25) is 0 Å².